The zero-order valence-electron chi connectivity index (χ0n) is 8.32. The molecule has 15 heavy (non-hydrogen) atoms. The van der Waals surface area contributed by atoms with E-state index in [9.17, 15) is 9.59 Å². The number of carbonyl (C=O) groups is 2. The summed E-state index contributed by atoms with van der Waals surface area (Å²) in [6, 6.07) is 0. The average molecular weight is 224 g/mol. The van der Waals surface area contributed by atoms with Gasteiger partial charge in [0.15, 0.2) is 5.41 Å². The zero-order valence-corrected chi connectivity index (χ0v) is 8.32. The van der Waals surface area contributed by atoms with Gasteiger partial charge < -0.3 is 10.2 Å². The standard InChI is InChI=1S/C10H16O4.Na.H/c1-10(8(11)12,9(13)14)7-5-3-2-4-6-7;;/h7H,2-6H2,1H3,(H,11,12)(H,13,14);;. The number of hydrogen-bond donors (Lipinski definition) is 2. The first kappa shape index (κ1) is 14.9. The Hall–Kier alpha value is -0.0600. The molecule has 0 unspecified atom stereocenters. The topological polar surface area (TPSA) is 74.6 Å². The Bertz CT molecular complexity index is 232. The van der Waals surface area contributed by atoms with Crippen molar-refractivity contribution in [2.75, 3.05) is 0 Å². The van der Waals surface area contributed by atoms with Gasteiger partial charge in [0.1, 0.15) is 0 Å². The van der Waals surface area contributed by atoms with Crippen molar-refractivity contribution in [3.05, 3.63) is 0 Å². The fourth-order valence-electron chi connectivity index (χ4n) is 2.12. The van der Waals surface area contributed by atoms with Gasteiger partial charge in [0.2, 0.25) is 0 Å². The SMILES string of the molecule is CC(C(=O)O)(C(=O)O)C1CCCCC1.[NaH]. The molecule has 0 amide bonds. The molecule has 0 aliphatic heterocycles. The molecule has 2 N–H and O–H groups in total. The fraction of sp³-hybridized carbons (Fsp3) is 0.800. The second-order valence-corrected chi connectivity index (χ2v) is 4.15. The van der Waals surface area contributed by atoms with Crippen molar-refractivity contribution in [1.82, 2.24) is 0 Å². The van der Waals surface area contributed by atoms with E-state index in [4.69, 9.17) is 10.2 Å². The Balaban J connectivity index is 0.00000196. The van der Waals surface area contributed by atoms with E-state index in [1.165, 1.54) is 6.92 Å². The molecule has 0 aromatic rings. The number of carboxylic acids is 2. The van der Waals surface area contributed by atoms with Crippen molar-refractivity contribution in [1.29, 1.82) is 0 Å². The zero-order chi connectivity index (χ0) is 10.8. The first-order valence-corrected chi connectivity index (χ1v) is 4.96. The third kappa shape index (κ3) is 2.95. The molecule has 0 bridgehead atoms. The Kier molecular flexibility index (Phi) is 5.85. The maximum atomic E-state index is 11.0. The Labute approximate surface area is 111 Å². The summed E-state index contributed by atoms with van der Waals surface area (Å²) in [4.78, 5) is 22.0. The molecule has 1 saturated carbocycles. The van der Waals surface area contributed by atoms with Gasteiger partial charge in [-0.05, 0) is 25.7 Å². The molecule has 0 aromatic carbocycles. The van der Waals surface area contributed by atoms with Crippen molar-refractivity contribution in [3.63, 3.8) is 0 Å². The van der Waals surface area contributed by atoms with Crippen molar-refractivity contribution in [3.8, 4) is 0 Å². The summed E-state index contributed by atoms with van der Waals surface area (Å²) in [5, 5.41) is 17.9. The van der Waals surface area contributed by atoms with Crippen molar-refractivity contribution in [2.45, 2.75) is 39.0 Å². The van der Waals surface area contributed by atoms with Crippen LogP contribution in [0, 0.1) is 11.3 Å². The van der Waals surface area contributed by atoms with E-state index >= 15 is 0 Å². The van der Waals surface area contributed by atoms with Gasteiger partial charge in [-0.15, -0.1) is 0 Å². The molecule has 5 heteroatoms. The normalized spacial score (nSPS) is 17.9. The molecule has 1 rings (SSSR count). The first-order valence-electron chi connectivity index (χ1n) is 4.96. The summed E-state index contributed by atoms with van der Waals surface area (Å²) in [5.41, 5.74) is -1.60. The van der Waals surface area contributed by atoms with E-state index in [1.807, 2.05) is 0 Å². The van der Waals surface area contributed by atoms with Crippen LogP contribution in [0.2, 0.25) is 0 Å². The summed E-state index contributed by atoms with van der Waals surface area (Å²) in [5.74, 6) is -2.64. The van der Waals surface area contributed by atoms with Crippen molar-refractivity contribution in [2.24, 2.45) is 11.3 Å². The summed E-state index contributed by atoms with van der Waals surface area (Å²) in [6.07, 6.45) is 4.41. The third-order valence-corrected chi connectivity index (χ3v) is 3.31. The van der Waals surface area contributed by atoms with E-state index in [2.05, 4.69) is 0 Å². The molecule has 1 fully saturated rings. The fourth-order valence-corrected chi connectivity index (χ4v) is 2.12. The molecule has 4 nitrogen and oxygen atoms in total. The number of rotatable bonds is 3. The number of hydrogen-bond acceptors (Lipinski definition) is 2. The van der Waals surface area contributed by atoms with Crippen LogP contribution < -0.4 is 0 Å². The van der Waals surface area contributed by atoms with Gasteiger partial charge >= 0.3 is 41.5 Å². The van der Waals surface area contributed by atoms with Crippen LogP contribution in [0.15, 0.2) is 0 Å². The van der Waals surface area contributed by atoms with Gasteiger partial charge in [0.25, 0.3) is 0 Å². The average Bonchev–Trinajstić information content (AvgIpc) is 2.17. The second kappa shape index (κ2) is 5.87. The molecule has 0 radical (unpaired) electrons. The van der Waals surface area contributed by atoms with Gasteiger partial charge in [-0.25, -0.2) is 0 Å². The van der Waals surface area contributed by atoms with Crippen molar-refractivity contribution < 1.29 is 19.8 Å². The van der Waals surface area contributed by atoms with Crippen LogP contribution in [-0.4, -0.2) is 51.7 Å². The minimum absolute atomic E-state index is 0. The Morgan fingerprint density at radius 1 is 1.07 bits per heavy atom. The van der Waals surface area contributed by atoms with E-state index in [1.54, 1.807) is 0 Å². The van der Waals surface area contributed by atoms with E-state index in [0.29, 0.717) is 0 Å². The number of carboxylic acid groups (broad SMARTS) is 2. The molecular weight excluding hydrogens is 207 g/mol. The monoisotopic (exact) mass is 224 g/mol. The van der Waals surface area contributed by atoms with E-state index in [0.717, 1.165) is 32.1 Å². The molecule has 0 atom stereocenters. The van der Waals surface area contributed by atoms with Crippen LogP contribution in [0.4, 0.5) is 0 Å². The Morgan fingerprint density at radius 2 is 1.47 bits per heavy atom. The molecule has 0 heterocycles. The number of aliphatic carboxylic acids is 2. The summed E-state index contributed by atoms with van der Waals surface area (Å²) in [6.45, 7) is 1.33. The van der Waals surface area contributed by atoms with E-state index < -0.39 is 17.4 Å². The molecular formula is C10H17NaO4. The van der Waals surface area contributed by atoms with Crippen LogP contribution in [0.5, 0.6) is 0 Å². The van der Waals surface area contributed by atoms with Crippen LogP contribution >= 0.6 is 0 Å². The summed E-state index contributed by atoms with van der Waals surface area (Å²) in [7, 11) is 0. The molecule has 0 spiro atoms. The third-order valence-electron chi connectivity index (χ3n) is 3.31. The van der Waals surface area contributed by atoms with Gasteiger partial charge in [0, 0.05) is 0 Å². The second-order valence-electron chi connectivity index (χ2n) is 4.15. The van der Waals surface area contributed by atoms with Crippen LogP contribution in [0.1, 0.15) is 39.0 Å². The van der Waals surface area contributed by atoms with Crippen LogP contribution in [0.25, 0.3) is 0 Å². The van der Waals surface area contributed by atoms with E-state index in [-0.39, 0.29) is 35.5 Å². The molecule has 82 valence electrons. The van der Waals surface area contributed by atoms with Crippen molar-refractivity contribution >= 4 is 41.5 Å². The molecule has 0 saturated heterocycles. The molecule has 0 aromatic heterocycles. The predicted molar refractivity (Wildman–Crippen MR) is 57.1 cm³/mol. The summed E-state index contributed by atoms with van der Waals surface area (Å²) >= 11 is 0. The maximum absolute atomic E-state index is 11.0. The Morgan fingerprint density at radius 3 is 1.80 bits per heavy atom. The molecule has 1 aliphatic carbocycles. The van der Waals surface area contributed by atoms with Gasteiger partial charge in [-0.3, -0.25) is 9.59 Å². The van der Waals surface area contributed by atoms with Gasteiger partial charge in [-0.1, -0.05) is 19.3 Å². The summed E-state index contributed by atoms with van der Waals surface area (Å²) < 4.78 is 0. The van der Waals surface area contributed by atoms with Crippen LogP contribution in [0.3, 0.4) is 0 Å². The predicted octanol–water partition coefficient (Wildman–Crippen LogP) is 1.09. The minimum atomic E-state index is -1.60. The molecule has 1 aliphatic rings. The first-order chi connectivity index (χ1) is 6.49. The van der Waals surface area contributed by atoms with Gasteiger partial charge in [0.05, 0.1) is 0 Å². The van der Waals surface area contributed by atoms with Crippen LogP contribution in [-0.2, 0) is 9.59 Å². The quantitative estimate of drug-likeness (QED) is 0.556. The van der Waals surface area contributed by atoms with Gasteiger partial charge in [-0.2, -0.15) is 0 Å².